The van der Waals surface area contributed by atoms with Crippen molar-refractivity contribution in [3.05, 3.63) is 6.92 Å². The van der Waals surface area contributed by atoms with Gasteiger partial charge in [-0.05, 0) is 12.7 Å². The third kappa shape index (κ3) is 2.59. The largest absolute Gasteiger partial charge is 0.149 e. The van der Waals surface area contributed by atoms with E-state index in [0.717, 1.165) is 6.42 Å². The third-order valence-electron chi connectivity index (χ3n) is 0.733. The highest BCUT2D eigenvalue weighted by Gasteiger charge is 1.93. The Hall–Kier alpha value is -0.0900. The monoisotopic (exact) mass is 113 g/mol. The van der Waals surface area contributed by atoms with E-state index in [4.69, 9.17) is 6.42 Å². The quantitative estimate of drug-likeness (QED) is 0.490. The van der Waals surface area contributed by atoms with Crippen LogP contribution in [0.2, 0.25) is 0 Å². The predicted octanol–water partition coefficient (Wildman–Crippen LogP) is 1.58. The minimum Gasteiger partial charge on any atom is -0.149 e. The molecule has 1 radical (unpaired) electrons. The molecular formula is C6H9S. The third-order valence-corrected chi connectivity index (χ3v) is 1.67. The van der Waals surface area contributed by atoms with Crippen LogP contribution in [-0.4, -0.2) is 11.5 Å². The van der Waals surface area contributed by atoms with Gasteiger partial charge in [-0.15, -0.1) is 18.2 Å². The summed E-state index contributed by atoms with van der Waals surface area (Å²) in [6.45, 7) is 3.66. The first kappa shape index (κ1) is 6.91. The number of terminal acetylenes is 1. The Bertz CT molecular complexity index is 66.7. The summed E-state index contributed by atoms with van der Waals surface area (Å²) in [5.74, 6) is 2.60. The minimum absolute atomic E-state index is 0.319. The van der Waals surface area contributed by atoms with Gasteiger partial charge in [-0.25, -0.2) is 0 Å². The lowest BCUT2D eigenvalue weighted by atomic mass is 10.3. The zero-order valence-electron chi connectivity index (χ0n) is 4.48. The van der Waals surface area contributed by atoms with Gasteiger partial charge in [0.05, 0.1) is 5.25 Å². The van der Waals surface area contributed by atoms with Crippen LogP contribution in [0.15, 0.2) is 0 Å². The average molecular weight is 113 g/mol. The van der Waals surface area contributed by atoms with Gasteiger partial charge in [-0.3, -0.25) is 0 Å². The summed E-state index contributed by atoms with van der Waals surface area (Å²) in [6, 6.07) is 0. The Morgan fingerprint density at radius 3 is 2.57 bits per heavy atom. The number of thioether (sulfide) groups is 1. The lowest BCUT2D eigenvalue weighted by Gasteiger charge is -1.98. The van der Waals surface area contributed by atoms with E-state index >= 15 is 0 Å². The van der Waals surface area contributed by atoms with Crippen LogP contribution in [0.4, 0.5) is 0 Å². The fourth-order valence-electron chi connectivity index (χ4n) is 0.269. The lowest BCUT2D eigenvalue weighted by Crippen LogP contribution is -1.92. The fraction of sp³-hybridized carbons (Fsp3) is 0.500. The molecule has 1 unspecified atom stereocenters. The normalized spacial score (nSPS) is 12.7. The smallest absolute Gasteiger partial charge is 0.0651 e. The van der Waals surface area contributed by atoms with Crippen LogP contribution in [0.3, 0.4) is 0 Å². The predicted molar refractivity (Wildman–Crippen MR) is 36.1 cm³/mol. The molecule has 39 valence electrons. The molecule has 0 aromatic heterocycles. The molecule has 0 aliphatic heterocycles. The molecular weight excluding hydrogens is 104 g/mol. The SMILES string of the molecule is C#CC(C[CH2])SC. The van der Waals surface area contributed by atoms with Gasteiger partial charge in [0.1, 0.15) is 0 Å². The van der Waals surface area contributed by atoms with E-state index in [0.29, 0.717) is 5.25 Å². The number of rotatable bonds is 2. The molecule has 0 heterocycles. The van der Waals surface area contributed by atoms with E-state index in [-0.39, 0.29) is 0 Å². The van der Waals surface area contributed by atoms with Gasteiger partial charge in [0, 0.05) is 0 Å². The van der Waals surface area contributed by atoms with Crippen molar-refractivity contribution in [2.45, 2.75) is 11.7 Å². The second kappa shape index (κ2) is 4.08. The zero-order chi connectivity index (χ0) is 5.70. The molecule has 0 nitrogen and oxygen atoms in total. The molecule has 7 heavy (non-hydrogen) atoms. The van der Waals surface area contributed by atoms with Crippen molar-refractivity contribution < 1.29 is 0 Å². The Balaban J connectivity index is 3.23. The standard InChI is InChI=1S/C6H9S/c1-4-6(5-2)7-3/h1,6H,2,5H2,3H3. The van der Waals surface area contributed by atoms with E-state index in [9.17, 15) is 0 Å². The second-order valence-electron chi connectivity index (χ2n) is 1.18. The van der Waals surface area contributed by atoms with Gasteiger partial charge in [0.2, 0.25) is 0 Å². The van der Waals surface area contributed by atoms with Crippen LogP contribution >= 0.6 is 11.8 Å². The minimum atomic E-state index is 0.319. The van der Waals surface area contributed by atoms with Gasteiger partial charge < -0.3 is 0 Å². The van der Waals surface area contributed by atoms with Crippen LogP contribution < -0.4 is 0 Å². The second-order valence-corrected chi connectivity index (χ2v) is 2.22. The van der Waals surface area contributed by atoms with E-state index in [1.54, 1.807) is 11.8 Å². The van der Waals surface area contributed by atoms with E-state index in [1.807, 2.05) is 6.26 Å². The van der Waals surface area contributed by atoms with Crippen molar-refractivity contribution in [2.75, 3.05) is 6.26 Å². The molecule has 0 saturated carbocycles. The fourth-order valence-corrected chi connectivity index (χ4v) is 0.641. The van der Waals surface area contributed by atoms with E-state index in [1.165, 1.54) is 0 Å². The average Bonchev–Trinajstić information content (AvgIpc) is 1.72. The maximum Gasteiger partial charge on any atom is 0.0651 e. The summed E-state index contributed by atoms with van der Waals surface area (Å²) in [5.41, 5.74) is 0. The van der Waals surface area contributed by atoms with Gasteiger partial charge in [-0.2, -0.15) is 0 Å². The molecule has 0 fully saturated rings. The highest BCUT2D eigenvalue weighted by molar-refractivity contribution is 7.99. The molecule has 0 aliphatic carbocycles. The van der Waals surface area contributed by atoms with Crippen molar-refractivity contribution in [3.8, 4) is 12.3 Å². The molecule has 0 saturated heterocycles. The van der Waals surface area contributed by atoms with Crippen molar-refractivity contribution >= 4 is 11.8 Å². The summed E-state index contributed by atoms with van der Waals surface area (Å²) < 4.78 is 0. The molecule has 0 aliphatic rings. The summed E-state index contributed by atoms with van der Waals surface area (Å²) in [7, 11) is 0. The first-order valence-electron chi connectivity index (χ1n) is 2.13. The van der Waals surface area contributed by atoms with Crippen molar-refractivity contribution in [1.29, 1.82) is 0 Å². The maximum atomic E-state index is 5.08. The summed E-state index contributed by atoms with van der Waals surface area (Å²) in [5, 5.41) is 0.319. The summed E-state index contributed by atoms with van der Waals surface area (Å²) >= 11 is 1.67. The van der Waals surface area contributed by atoms with Gasteiger partial charge in [0.15, 0.2) is 0 Å². The van der Waals surface area contributed by atoms with Crippen LogP contribution in [0.5, 0.6) is 0 Å². The van der Waals surface area contributed by atoms with Crippen molar-refractivity contribution in [3.63, 3.8) is 0 Å². The number of hydrogen-bond donors (Lipinski definition) is 0. The Morgan fingerprint density at radius 1 is 2.00 bits per heavy atom. The molecule has 0 aromatic carbocycles. The molecule has 0 N–H and O–H groups in total. The number of hydrogen-bond acceptors (Lipinski definition) is 1. The van der Waals surface area contributed by atoms with Crippen molar-refractivity contribution in [2.24, 2.45) is 0 Å². The zero-order valence-corrected chi connectivity index (χ0v) is 5.29. The van der Waals surface area contributed by atoms with E-state index < -0.39 is 0 Å². The molecule has 0 rings (SSSR count). The molecule has 0 aromatic rings. The van der Waals surface area contributed by atoms with Gasteiger partial charge >= 0.3 is 0 Å². The first-order valence-corrected chi connectivity index (χ1v) is 3.42. The molecule has 0 bridgehead atoms. The van der Waals surface area contributed by atoms with Crippen LogP contribution in [0.1, 0.15) is 6.42 Å². The van der Waals surface area contributed by atoms with Crippen LogP contribution in [0.25, 0.3) is 0 Å². The topological polar surface area (TPSA) is 0 Å². The van der Waals surface area contributed by atoms with E-state index in [2.05, 4.69) is 12.8 Å². The first-order chi connectivity index (χ1) is 3.35. The summed E-state index contributed by atoms with van der Waals surface area (Å²) in [4.78, 5) is 0. The van der Waals surface area contributed by atoms with Crippen LogP contribution in [0, 0.1) is 19.3 Å². The highest BCUT2D eigenvalue weighted by atomic mass is 32.2. The summed E-state index contributed by atoms with van der Waals surface area (Å²) in [6.07, 6.45) is 7.91. The Kier molecular flexibility index (Phi) is 4.03. The van der Waals surface area contributed by atoms with Crippen LogP contribution in [-0.2, 0) is 0 Å². The molecule has 0 amide bonds. The lowest BCUT2D eigenvalue weighted by molar-refractivity contribution is 1.11. The van der Waals surface area contributed by atoms with Crippen molar-refractivity contribution in [1.82, 2.24) is 0 Å². The van der Waals surface area contributed by atoms with Gasteiger partial charge in [0.25, 0.3) is 0 Å². The molecule has 1 atom stereocenters. The Morgan fingerprint density at radius 2 is 2.57 bits per heavy atom. The Labute approximate surface area is 49.7 Å². The molecule has 1 heteroatoms. The molecule has 0 spiro atoms. The van der Waals surface area contributed by atoms with Gasteiger partial charge in [-0.1, -0.05) is 12.8 Å². The highest BCUT2D eigenvalue weighted by Crippen LogP contribution is 2.06. The maximum absolute atomic E-state index is 5.08.